The lowest BCUT2D eigenvalue weighted by molar-refractivity contribution is -0.150. The van der Waals surface area contributed by atoms with Crippen LogP contribution in [0.15, 0.2) is 0 Å². The van der Waals surface area contributed by atoms with Gasteiger partial charge >= 0.3 is 5.97 Å². The molecule has 0 spiro atoms. The SMILES string of the molecule is NCCOCC(=O)N1C[C@H](O)C[C@H]1C(=O)O. The number of aliphatic hydroxyl groups excluding tert-OH is 1. The number of carbonyl (C=O) groups is 2. The average Bonchev–Trinajstić information content (AvgIpc) is 2.61. The molecule has 0 unspecified atom stereocenters. The Hall–Kier alpha value is -1.18. The molecule has 7 nitrogen and oxygen atoms in total. The Morgan fingerprint density at radius 2 is 2.19 bits per heavy atom. The molecule has 0 aromatic rings. The second-order valence-electron chi connectivity index (χ2n) is 3.63. The Morgan fingerprint density at radius 3 is 2.75 bits per heavy atom. The number of amides is 1. The van der Waals surface area contributed by atoms with Gasteiger partial charge in [0.25, 0.3) is 0 Å². The van der Waals surface area contributed by atoms with Crippen LogP contribution < -0.4 is 5.73 Å². The second kappa shape index (κ2) is 5.78. The maximum Gasteiger partial charge on any atom is 0.326 e. The molecule has 0 saturated carbocycles. The Balaban J connectivity index is 2.50. The van der Waals surface area contributed by atoms with Gasteiger partial charge in [-0.3, -0.25) is 4.79 Å². The van der Waals surface area contributed by atoms with Crippen LogP contribution in [0.1, 0.15) is 6.42 Å². The van der Waals surface area contributed by atoms with Gasteiger partial charge in [0.1, 0.15) is 12.6 Å². The van der Waals surface area contributed by atoms with Crippen molar-refractivity contribution in [1.82, 2.24) is 4.90 Å². The molecule has 1 amide bonds. The number of β-amino-alcohol motifs (C(OH)–C–C–N with tert-alkyl or cyclic N) is 1. The molecule has 4 N–H and O–H groups in total. The molecule has 0 radical (unpaired) electrons. The van der Waals surface area contributed by atoms with Gasteiger partial charge in [-0.05, 0) is 0 Å². The van der Waals surface area contributed by atoms with E-state index in [4.69, 9.17) is 15.6 Å². The van der Waals surface area contributed by atoms with Crippen LogP contribution in [0.5, 0.6) is 0 Å². The number of hydrogen-bond acceptors (Lipinski definition) is 5. The van der Waals surface area contributed by atoms with Crippen LogP contribution in [0.25, 0.3) is 0 Å². The number of nitrogens with zero attached hydrogens (tertiary/aromatic N) is 1. The lowest BCUT2D eigenvalue weighted by atomic mass is 10.2. The summed E-state index contributed by atoms with van der Waals surface area (Å²) >= 11 is 0. The van der Waals surface area contributed by atoms with Crippen molar-refractivity contribution in [2.75, 3.05) is 26.3 Å². The number of nitrogens with two attached hydrogens (primary N) is 1. The van der Waals surface area contributed by atoms with Crippen LogP contribution in [0, 0.1) is 0 Å². The molecule has 0 aromatic carbocycles. The van der Waals surface area contributed by atoms with E-state index in [1.165, 1.54) is 0 Å². The molecule has 0 bridgehead atoms. The van der Waals surface area contributed by atoms with Gasteiger partial charge in [0.15, 0.2) is 0 Å². The summed E-state index contributed by atoms with van der Waals surface area (Å²) in [5.41, 5.74) is 5.18. The normalized spacial score (nSPS) is 24.8. The average molecular weight is 232 g/mol. The van der Waals surface area contributed by atoms with Crippen molar-refractivity contribution in [3.63, 3.8) is 0 Å². The summed E-state index contributed by atoms with van der Waals surface area (Å²) < 4.78 is 4.93. The Labute approximate surface area is 92.8 Å². The largest absolute Gasteiger partial charge is 0.480 e. The lowest BCUT2D eigenvalue weighted by Gasteiger charge is -2.20. The molecule has 92 valence electrons. The van der Waals surface area contributed by atoms with E-state index in [9.17, 15) is 14.7 Å². The topological polar surface area (TPSA) is 113 Å². The minimum Gasteiger partial charge on any atom is -0.480 e. The summed E-state index contributed by atoms with van der Waals surface area (Å²) in [6.45, 7) is 0.396. The minimum atomic E-state index is -1.11. The van der Waals surface area contributed by atoms with E-state index in [0.29, 0.717) is 6.54 Å². The number of aliphatic hydroxyl groups is 1. The first-order valence-electron chi connectivity index (χ1n) is 5.04. The molecular weight excluding hydrogens is 216 g/mol. The van der Waals surface area contributed by atoms with Crippen LogP contribution in [0.3, 0.4) is 0 Å². The van der Waals surface area contributed by atoms with Crippen molar-refractivity contribution in [2.24, 2.45) is 5.73 Å². The van der Waals surface area contributed by atoms with E-state index >= 15 is 0 Å². The van der Waals surface area contributed by atoms with Crippen molar-refractivity contribution in [3.8, 4) is 0 Å². The molecule has 7 heteroatoms. The smallest absolute Gasteiger partial charge is 0.326 e. The number of carboxylic acid groups (broad SMARTS) is 1. The zero-order chi connectivity index (χ0) is 12.1. The number of rotatable bonds is 5. The van der Waals surface area contributed by atoms with Crippen molar-refractivity contribution in [2.45, 2.75) is 18.6 Å². The van der Waals surface area contributed by atoms with Gasteiger partial charge in [0.2, 0.25) is 5.91 Å². The molecular formula is C9H16N2O5. The molecule has 1 rings (SSSR count). The third kappa shape index (κ3) is 3.16. The summed E-state index contributed by atoms with van der Waals surface area (Å²) in [5, 5.41) is 18.2. The van der Waals surface area contributed by atoms with Gasteiger partial charge in [0, 0.05) is 19.5 Å². The molecule has 1 saturated heterocycles. The number of likely N-dealkylation sites (tertiary alicyclic amines) is 1. The maximum absolute atomic E-state index is 11.6. The van der Waals surface area contributed by atoms with E-state index in [1.54, 1.807) is 0 Å². The van der Waals surface area contributed by atoms with Gasteiger partial charge < -0.3 is 25.6 Å². The minimum absolute atomic E-state index is 0.0434. The summed E-state index contributed by atoms with van der Waals surface area (Å²) in [7, 11) is 0. The quantitative estimate of drug-likeness (QED) is 0.473. The van der Waals surface area contributed by atoms with Gasteiger partial charge in [-0.1, -0.05) is 0 Å². The molecule has 16 heavy (non-hydrogen) atoms. The first-order chi connectivity index (χ1) is 7.56. The lowest BCUT2D eigenvalue weighted by Crippen LogP contribution is -2.42. The van der Waals surface area contributed by atoms with Crippen LogP contribution in [-0.4, -0.2) is 65.4 Å². The summed E-state index contributed by atoms with van der Waals surface area (Å²) in [6.07, 6.45) is -0.711. The van der Waals surface area contributed by atoms with Crippen LogP contribution in [0.2, 0.25) is 0 Å². The van der Waals surface area contributed by atoms with E-state index in [-0.39, 0.29) is 26.2 Å². The fraction of sp³-hybridized carbons (Fsp3) is 0.778. The first-order valence-corrected chi connectivity index (χ1v) is 5.04. The summed E-state index contributed by atoms with van der Waals surface area (Å²) in [4.78, 5) is 23.5. The van der Waals surface area contributed by atoms with Gasteiger partial charge in [-0.15, -0.1) is 0 Å². The highest BCUT2D eigenvalue weighted by atomic mass is 16.5. The highest BCUT2D eigenvalue weighted by molar-refractivity contribution is 5.85. The molecule has 1 aliphatic rings. The molecule has 1 fully saturated rings. The number of hydrogen-bond donors (Lipinski definition) is 3. The van der Waals surface area contributed by atoms with Gasteiger partial charge in [-0.2, -0.15) is 0 Å². The van der Waals surface area contributed by atoms with Gasteiger partial charge in [-0.25, -0.2) is 4.79 Å². The standard InChI is InChI=1S/C9H16N2O5/c10-1-2-16-5-8(13)11-4-6(12)3-7(11)9(14)15/h6-7,12H,1-5,10H2,(H,14,15)/t6-,7+/m1/s1. The maximum atomic E-state index is 11.6. The van der Waals surface area contributed by atoms with Crippen LogP contribution in [-0.2, 0) is 14.3 Å². The van der Waals surface area contributed by atoms with Crippen molar-refractivity contribution < 1.29 is 24.5 Å². The van der Waals surface area contributed by atoms with Crippen LogP contribution >= 0.6 is 0 Å². The first kappa shape index (κ1) is 12.9. The molecule has 0 aliphatic carbocycles. The molecule has 1 heterocycles. The number of carbonyl (C=O) groups excluding carboxylic acids is 1. The fourth-order valence-corrected chi connectivity index (χ4v) is 1.65. The number of aliphatic carboxylic acids is 1. The molecule has 2 atom stereocenters. The zero-order valence-corrected chi connectivity index (χ0v) is 8.83. The second-order valence-corrected chi connectivity index (χ2v) is 3.63. The predicted molar refractivity (Wildman–Crippen MR) is 53.6 cm³/mol. The van der Waals surface area contributed by atoms with Crippen molar-refractivity contribution >= 4 is 11.9 Å². The summed E-state index contributed by atoms with van der Waals surface area (Å²) in [6, 6.07) is -0.955. The highest BCUT2D eigenvalue weighted by Gasteiger charge is 2.38. The van der Waals surface area contributed by atoms with E-state index in [0.717, 1.165) is 4.90 Å². The number of carboxylic acids is 1. The van der Waals surface area contributed by atoms with E-state index in [1.807, 2.05) is 0 Å². The number of ether oxygens (including phenoxy) is 1. The van der Waals surface area contributed by atoms with Crippen molar-refractivity contribution in [1.29, 1.82) is 0 Å². The predicted octanol–water partition coefficient (Wildman–Crippen LogP) is -1.99. The van der Waals surface area contributed by atoms with E-state index in [2.05, 4.69) is 0 Å². The highest BCUT2D eigenvalue weighted by Crippen LogP contribution is 2.18. The monoisotopic (exact) mass is 232 g/mol. The van der Waals surface area contributed by atoms with Crippen LogP contribution in [0.4, 0.5) is 0 Å². The Bertz CT molecular complexity index is 271. The van der Waals surface area contributed by atoms with Gasteiger partial charge in [0.05, 0.1) is 12.7 Å². The van der Waals surface area contributed by atoms with Crippen molar-refractivity contribution in [3.05, 3.63) is 0 Å². The summed E-state index contributed by atoms with van der Waals surface area (Å²) in [5.74, 6) is -1.54. The zero-order valence-electron chi connectivity index (χ0n) is 8.83. The molecule has 1 aliphatic heterocycles. The third-order valence-electron chi connectivity index (χ3n) is 2.37. The Morgan fingerprint density at radius 1 is 1.50 bits per heavy atom. The fourth-order valence-electron chi connectivity index (χ4n) is 1.65. The Kier molecular flexibility index (Phi) is 4.66. The third-order valence-corrected chi connectivity index (χ3v) is 2.37. The van der Waals surface area contributed by atoms with E-state index < -0.39 is 24.0 Å². The molecule has 0 aromatic heterocycles.